The van der Waals surface area contributed by atoms with Crippen molar-refractivity contribution in [3.05, 3.63) is 70.4 Å². The van der Waals surface area contributed by atoms with Gasteiger partial charge in [0.25, 0.3) is 5.91 Å². The third-order valence-electron chi connectivity index (χ3n) is 3.91. The lowest BCUT2D eigenvalue weighted by Gasteiger charge is -2.01. The first-order valence-electron chi connectivity index (χ1n) is 8.13. The number of aromatic amines is 1. The van der Waals surface area contributed by atoms with E-state index in [4.69, 9.17) is 16.6 Å². The first-order valence-corrected chi connectivity index (χ1v) is 9.42. The fourth-order valence-corrected chi connectivity index (χ4v) is 3.59. The number of allylic oxidation sites excluding steroid dienone is 1. The highest BCUT2D eigenvalue weighted by Crippen LogP contribution is 2.22. The number of carbonyl (C=O) groups is 1. The van der Waals surface area contributed by atoms with Crippen molar-refractivity contribution >= 4 is 45.6 Å². The van der Waals surface area contributed by atoms with Crippen LogP contribution in [0.25, 0.3) is 11.0 Å². The Hall–Kier alpha value is -3.04. The van der Waals surface area contributed by atoms with Gasteiger partial charge in [0.1, 0.15) is 11.4 Å². The number of nitrogens with zero attached hydrogens (tertiary/aromatic N) is 3. The third-order valence-corrected chi connectivity index (χ3v) is 5.03. The lowest BCUT2D eigenvalue weighted by molar-refractivity contribution is 0.0998. The molecule has 0 aliphatic carbocycles. The van der Waals surface area contributed by atoms with Gasteiger partial charge in [-0.25, -0.2) is 4.98 Å². The number of H-pyrrole nitrogens is 1. The average molecular weight is 397 g/mol. The number of aromatic nitrogens is 4. The minimum Gasteiger partial charge on any atom is -0.451 e. The summed E-state index contributed by atoms with van der Waals surface area (Å²) >= 11 is 6.56. The minimum absolute atomic E-state index is 0.250. The molecule has 4 aromatic rings. The van der Waals surface area contributed by atoms with Gasteiger partial charge in [0.15, 0.2) is 15.7 Å². The van der Waals surface area contributed by atoms with E-state index >= 15 is 0 Å². The molecule has 1 amide bonds. The van der Waals surface area contributed by atoms with Gasteiger partial charge in [-0.05, 0) is 24.4 Å². The van der Waals surface area contributed by atoms with Gasteiger partial charge in [-0.3, -0.25) is 19.8 Å². The zero-order valence-electron chi connectivity index (χ0n) is 14.1. The SMILES string of the molecule is C=CCn1c(Cc2csc(NC(=O)c3cc4ccccc4o3)n2)n[nH]c1=S. The molecule has 1 aromatic carbocycles. The molecule has 9 heteroatoms. The zero-order valence-corrected chi connectivity index (χ0v) is 15.8. The number of furan rings is 1. The molecule has 136 valence electrons. The minimum atomic E-state index is -0.332. The van der Waals surface area contributed by atoms with Crippen molar-refractivity contribution in [3.63, 3.8) is 0 Å². The third kappa shape index (κ3) is 3.60. The molecule has 3 heterocycles. The second-order valence-corrected chi connectivity index (χ2v) is 7.01. The van der Waals surface area contributed by atoms with Gasteiger partial charge in [0.2, 0.25) is 0 Å². The van der Waals surface area contributed by atoms with Crippen molar-refractivity contribution in [1.29, 1.82) is 0 Å². The molecule has 0 saturated carbocycles. The topological polar surface area (TPSA) is 88.7 Å². The summed E-state index contributed by atoms with van der Waals surface area (Å²) in [6.45, 7) is 4.30. The van der Waals surface area contributed by atoms with Crippen LogP contribution >= 0.6 is 23.6 Å². The van der Waals surface area contributed by atoms with Crippen LogP contribution in [0.15, 0.2) is 52.8 Å². The van der Waals surface area contributed by atoms with Gasteiger partial charge in [-0.2, -0.15) is 5.10 Å². The molecule has 2 N–H and O–H groups in total. The van der Waals surface area contributed by atoms with E-state index in [2.05, 4.69) is 27.1 Å². The molecule has 0 atom stereocenters. The highest BCUT2D eigenvalue weighted by Gasteiger charge is 2.15. The van der Waals surface area contributed by atoms with E-state index < -0.39 is 0 Å². The van der Waals surface area contributed by atoms with Gasteiger partial charge in [-0.15, -0.1) is 17.9 Å². The lowest BCUT2D eigenvalue weighted by atomic mass is 10.2. The molecular weight excluding hydrogens is 382 g/mol. The Labute approximate surface area is 163 Å². The Morgan fingerprint density at radius 1 is 1.44 bits per heavy atom. The number of rotatable bonds is 6. The molecule has 0 saturated heterocycles. The van der Waals surface area contributed by atoms with E-state index in [-0.39, 0.29) is 11.7 Å². The first kappa shape index (κ1) is 17.4. The van der Waals surface area contributed by atoms with E-state index in [9.17, 15) is 4.79 Å². The quantitative estimate of drug-likeness (QED) is 0.376. The van der Waals surface area contributed by atoms with Crippen LogP contribution in [-0.2, 0) is 13.0 Å². The Morgan fingerprint density at radius 2 is 2.30 bits per heavy atom. The van der Waals surface area contributed by atoms with Crippen LogP contribution in [0.5, 0.6) is 0 Å². The average Bonchev–Trinajstić information content (AvgIpc) is 3.37. The van der Waals surface area contributed by atoms with Gasteiger partial charge < -0.3 is 4.42 Å². The van der Waals surface area contributed by atoms with E-state index in [0.717, 1.165) is 16.9 Å². The lowest BCUT2D eigenvalue weighted by Crippen LogP contribution is -2.10. The number of nitrogens with one attached hydrogen (secondary N) is 2. The molecule has 27 heavy (non-hydrogen) atoms. The van der Waals surface area contributed by atoms with Gasteiger partial charge in [0.05, 0.1) is 12.1 Å². The Morgan fingerprint density at radius 3 is 3.11 bits per heavy atom. The highest BCUT2D eigenvalue weighted by atomic mass is 32.1. The molecule has 0 aliphatic rings. The monoisotopic (exact) mass is 397 g/mol. The van der Waals surface area contributed by atoms with Crippen molar-refractivity contribution in [3.8, 4) is 0 Å². The summed E-state index contributed by atoms with van der Waals surface area (Å²) in [6.07, 6.45) is 2.26. The number of hydrogen-bond acceptors (Lipinski definition) is 6. The number of hydrogen-bond donors (Lipinski definition) is 2. The Balaban J connectivity index is 1.48. The molecule has 0 unspecified atom stereocenters. The maximum atomic E-state index is 12.4. The van der Waals surface area contributed by atoms with Crippen LogP contribution in [0.3, 0.4) is 0 Å². The first-order chi connectivity index (χ1) is 13.1. The van der Waals surface area contributed by atoms with Crippen LogP contribution in [0, 0.1) is 4.77 Å². The second kappa shape index (κ2) is 7.29. The molecule has 3 aromatic heterocycles. The Bertz CT molecular complexity index is 1150. The predicted octanol–water partition coefficient (Wildman–Crippen LogP) is 4.17. The summed E-state index contributed by atoms with van der Waals surface area (Å²) in [5, 5.41) is 13.0. The summed E-state index contributed by atoms with van der Waals surface area (Å²) in [5.41, 5.74) is 1.46. The van der Waals surface area contributed by atoms with E-state index in [1.165, 1.54) is 11.3 Å². The molecule has 0 aliphatic heterocycles. The van der Waals surface area contributed by atoms with E-state index in [1.54, 1.807) is 12.1 Å². The molecule has 7 nitrogen and oxygen atoms in total. The van der Waals surface area contributed by atoms with Crippen molar-refractivity contribution in [1.82, 2.24) is 19.7 Å². The summed E-state index contributed by atoms with van der Waals surface area (Å²) in [6, 6.07) is 9.19. The fourth-order valence-electron chi connectivity index (χ4n) is 2.66. The normalized spacial score (nSPS) is 11.0. The van der Waals surface area contributed by atoms with Crippen molar-refractivity contribution in [2.45, 2.75) is 13.0 Å². The Kier molecular flexibility index (Phi) is 4.69. The number of para-hydroxylation sites is 1. The summed E-state index contributed by atoms with van der Waals surface area (Å²) in [7, 11) is 0. The summed E-state index contributed by atoms with van der Waals surface area (Å²) < 4.78 is 7.97. The van der Waals surface area contributed by atoms with Crippen molar-refractivity contribution in [2.24, 2.45) is 0 Å². The smallest absolute Gasteiger partial charge is 0.293 e. The number of fused-ring (bicyclic) bond motifs is 1. The standard InChI is InChI=1S/C18H15N5O2S2/c1-2-7-23-15(21-22-18(23)26)9-12-10-27-17(19-12)20-16(24)14-8-11-5-3-4-6-13(11)25-14/h2-6,8,10H,1,7,9H2,(H,22,26)(H,19,20,24). The fraction of sp³-hybridized carbons (Fsp3) is 0.111. The zero-order chi connectivity index (χ0) is 18.8. The van der Waals surface area contributed by atoms with Crippen LogP contribution < -0.4 is 5.32 Å². The largest absolute Gasteiger partial charge is 0.451 e. The number of thiazole rings is 1. The molecule has 4 rings (SSSR count). The van der Waals surface area contributed by atoms with Crippen LogP contribution in [0.4, 0.5) is 5.13 Å². The van der Waals surface area contributed by atoms with Crippen molar-refractivity contribution < 1.29 is 9.21 Å². The van der Waals surface area contributed by atoms with E-state index in [1.807, 2.05) is 34.2 Å². The number of benzene rings is 1. The number of carbonyl (C=O) groups excluding carboxylic acids is 1. The highest BCUT2D eigenvalue weighted by molar-refractivity contribution is 7.71. The summed E-state index contributed by atoms with van der Waals surface area (Å²) in [4.78, 5) is 16.9. The van der Waals surface area contributed by atoms with Gasteiger partial charge >= 0.3 is 0 Å². The number of anilines is 1. The van der Waals surface area contributed by atoms with Crippen molar-refractivity contribution in [2.75, 3.05) is 5.32 Å². The van der Waals surface area contributed by atoms with Crippen LogP contribution in [0.2, 0.25) is 0 Å². The predicted molar refractivity (Wildman–Crippen MR) is 107 cm³/mol. The number of amides is 1. The second-order valence-electron chi connectivity index (χ2n) is 5.77. The molecular formula is C18H15N5O2S2. The molecule has 0 radical (unpaired) electrons. The molecule has 0 bridgehead atoms. The van der Waals surface area contributed by atoms with Crippen LogP contribution in [0.1, 0.15) is 22.1 Å². The summed E-state index contributed by atoms with van der Waals surface area (Å²) in [5.74, 6) is 0.682. The van der Waals surface area contributed by atoms with Gasteiger partial charge in [-0.1, -0.05) is 24.3 Å². The maximum absolute atomic E-state index is 12.4. The van der Waals surface area contributed by atoms with Crippen LogP contribution in [-0.4, -0.2) is 25.7 Å². The van der Waals surface area contributed by atoms with Gasteiger partial charge in [0, 0.05) is 17.3 Å². The molecule has 0 spiro atoms. The maximum Gasteiger partial charge on any atom is 0.293 e. The van der Waals surface area contributed by atoms with E-state index in [0.29, 0.717) is 28.5 Å². The molecule has 0 fully saturated rings.